The molecule has 0 radical (unpaired) electrons. The third kappa shape index (κ3) is 4.25. The molecule has 0 saturated heterocycles. The number of hydrogen-bond acceptors (Lipinski definition) is 4. The van der Waals surface area contributed by atoms with Gasteiger partial charge in [0.2, 0.25) is 5.91 Å². The molecule has 110 valence electrons. The molecule has 0 saturated carbocycles. The first-order valence-corrected chi connectivity index (χ1v) is 6.80. The number of nitro benzene ring substituents is 1. The SMILES string of the molecule is CCCNC(=O)C(C)Nc1cc(Cl)c(Cl)cc1[N+](=O)[O-]. The van der Waals surface area contributed by atoms with Gasteiger partial charge in [0.15, 0.2) is 0 Å². The minimum absolute atomic E-state index is 0.0898. The molecule has 20 heavy (non-hydrogen) atoms. The minimum Gasteiger partial charge on any atom is -0.368 e. The highest BCUT2D eigenvalue weighted by atomic mass is 35.5. The molecule has 8 heteroatoms. The average molecular weight is 320 g/mol. The summed E-state index contributed by atoms with van der Waals surface area (Å²) in [5.74, 6) is -0.243. The second kappa shape index (κ2) is 7.31. The van der Waals surface area contributed by atoms with Gasteiger partial charge in [-0.3, -0.25) is 14.9 Å². The van der Waals surface area contributed by atoms with E-state index in [0.717, 1.165) is 12.5 Å². The van der Waals surface area contributed by atoms with Crippen LogP contribution >= 0.6 is 23.2 Å². The zero-order valence-electron chi connectivity index (χ0n) is 11.1. The van der Waals surface area contributed by atoms with Crippen LogP contribution in [0.3, 0.4) is 0 Å². The Balaban J connectivity index is 2.93. The summed E-state index contributed by atoms with van der Waals surface area (Å²) >= 11 is 11.6. The van der Waals surface area contributed by atoms with Gasteiger partial charge in [0, 0.05) is 12.6 Å². The van der Waals surface area contributed by atoms with Gasteiger partial charge in [0.25, 0.3) is 5.69 Å². The molecule has 1 aromatic rings. The van der Waals surface area contributed by atoms with Crippen LogP contribution in [0.4, 0.5) is 11.4 Å². The van der Waals surface area contributed by atoms with Gasteiger partial charge < -0.3 is 10.6 Å². The van der Waals surface area contributed by atoms with E-state index in [1.807, 2.05) is 6.92 Å². The summed E-state index contributed by atoms with van der Waals surface area (Å²) in [5.41, 5.74) is -0.0712. The maximum atomic E-state index is 11.7. The second-order valence-electron chi connectivity index (χ2n) is 4.20. The molecule has 0 aliphatic heterocycles. The number of carbonyl (C=O) groups is 1. The fraction of sp³-hybridized carbons (Fsp3) is 0.417. The van der Waals surface area contributed by atoms with Crippen LogP contribution < -0.4 is 10.6 Å². The zero-order chi connectivity index (χ0) is 15.3. The van der Waals surface area contributed by atoms with Gasteiger partial charge in [-0.2, -0.15) is 0 Å². The molecule has 1 atom stereocenters. The van der Waals surface area contributed by atoms with Crippen LogP contribution in [0, 0.1) is 10.1 Å². The lowest BCUT2D eigenvalue weighted by molar-refractivity contribution is -0.384. The van der Waals surface area contributed by atoms with Crippen LogP contribution in [0.15, 0.2) is 12.1 Å². The lowest BCUT2D eigenvalue weighted by atomic mass is 10.2. The van der Waals surface area contributed by atoms with Gasteiger partial charge in [-0.25, -0.2) is 0 Å². The van der Waals surface area contributed by atoms with E-state index in [9.17, 15) is 14.9 Å². The summed E-state index contributed by atoms with van der Waals surface area (Å²) in [6.07, 6.45) is 0.811. The van der Waals surface area contributed by atoms with Crippen LogP contribution in [-0.2, 0) is 4.79 Å². The van der Waals surface area contributed by atoms with Crippen molar-refractivity contribution in [3.8, 4) is 0 Å². The van der Waals surface area contributed by atoms with Crippen molar-refractivity contribution in [3.05, 3.63) is 32.3 Å². The highest BCUT2D eigenvalue weighted by molar-refractivity contribution is 6.42. The first kappa shape index (κ1) is 16.5. The number of nitro groups is 1. The monoisotopic (exact) mass is 319 g/mol. The molecule has 1 rings (SSSR count). The topological polar surface area (TPSA) is 84.3 Å². The van der Waals surface area contributed by atoms with Gasteiger partial charge in [-0.1, -0.05) is 30.1 Å². The Morgan fingerprint density at radius 3 is 2.55 bits per heavy atom. The molecule has 0 aliphatic carbocycles. The molecular formula is C12H15Cl2N3O3. The fourth-order valence-corrected chi connectivity index (χ4v) is 1.82. The van der Waals surface area contributed by atoms with Crippen molar-refractivity contribution >= 4 is 40.5 Å². The lowest BCUT2D eigenvalue weighted by Gasteiger charge is -2.15. The highest BCUT2D eigenvalue weighted by Gasteiger charge is 2.20. The number of nitrogens with zero attached hydrogens (tertiary/aromatic N) is 1. The van der Waals surface area contributed by atoms with E-state index < -0.39 is 11.0 Å². The summed E-state index contributed by atoms with van der Waals surface area (Å²) in [6.45, 7) is 4.09. The van der Waals surface area contributed by atoms with Crippen LogP contribution in [0.25, 0.3) is 0 Å². The Kier molecular flexibility index (Phi) is 6.04. The second-order valence-corrected chi connectivity index (χ2v) is 5.01. The smallest absolute Gasteiger partial charge is 0.293 e. The zero-order valence-corrected chi connectivity index (χ0v) is 12.6. The number of nitrogens with one attached hydrogen (secondary N) is 2. The number of carbonyl (C=O) groups excluding carboxylic acids is 1. The van der Waals surface area contributed by atoms with E-state index in [4.69, 9.17) is 23.2 Å². The Morgan fingerprint density at radius 2 is 2.00 bits per heavy atom. The van der Waals surface area contributed by atoms with Crippen molar-refractivity contribution in [2.45, 2.75) is 26.3 Å². The largest absolute Gasteiger partial charge is 0.368 e. The van der Waals surface area contributed by atoms with Gasteiger partial charge in [-0.05, 0) is 19.4 Å². The predicted octanol–water partition coefficient (Wildman–Crippen LogP) is 3.23. The van der Waals surface area contributed by atoms with Gasteiger partial charge in [0.05, 0.1) is 15.0 Å². The van der Waals surface area contributed by atoms with E-state index in [-0.39, 0.29) is 27.3 Å². The fourth-order valence-electron chi connectivity index (χ4n) is 1.50. The van der Waals surface area contributed by atoms with Gasteiger partial charge >= 0.3 is 0 Å². The molecule has 0 spiro atoms. The summed E-state index contributed by atoms with van der Waals surface area (Å²) in [4.78, 5) is 22.1. The summed E-state index contributed by atoms with van der Waals surface area (Å²) < 4.78 is 0. The number of benzene rings is 1. The molecule has 1 aromatic carbocycles. The normalized spacial score (nSPS) is 11.8. The van der Waals surface area contributed by atoms with E-state index >= 15 is 0 Å². The summed E-state index contributed by atoms with van der Waals surface area (Å²) in [7, 11) is 0. The molecule has 0 aliphatic rings. The third-order valence-electron chi connectivity index (χ3n) is 2.55. The standard InChI is InChI=1S/C12H15Cl2N3O3/c1-3-4-15-12(18)7(2)16-10-5-8(13)9(14)6-11(10)17(19)20/h5-7,16H,3-4H2,1-2H3,(H,15,18). The van der Waals surface area contributed by atoms with Crippen molar-refractivity contribution in [1.82, 2.24) is 5.32 Å². The molecule has 1 amide bonds. The first-order chi connectivity index (χ1) is 9.36. The third-order valence-corrected chi connectivity index (χ3v) is 3.27. The molecule has 0 heterocycles. The highest BCUT2D eigenvalue weighted by Crippen LogP contribution is 2.34. The van der Waals surface area contributed by atoms with Crippen molar-refractivity contribution in [1.29, 1.82) is 0 Å². The lowest BCUT2D eigenvalue weighted by Crippen LogP contribution is -2.38. The average Bonchev–Trinajstić information content (AvgIpc) is 2.39. The Bertz CT molecular complexity index is 523. The number of amides is 1. The van der Waals surface area contributed by atoms with E-state index in [1.165, 1.54) is 6.07 Å². The number of hydrogen-bond donors (Lipinski definition) is 2. The number of anilines is 1. The molecule has 0 aromatic heterocycles. The molecule has 1 unspecified atom stereocenters. The first-order valence-electron chi connectivity index (χ1n) is 6.04. The molecule has 0 fully saturated rings. The molecule has 6 nitrogen and oxygen atoms in total. The Hall–Kier alpha value is -1.53. The van der Waals surface area contributed by atoms with Crippen molar-refractivity contribution in [2.24, 2.45) is 0 Å². The van der Waals surface area contributed by atoms with Crippen LogP contribution in [0.5, 0.6) is 0 Å². The van der Waals surface area contributed by atoms with Crippen LogP contribution in [0.2, 0.25) is 10.0 Å². The number of halogens is 2. The maximum absolute atomic E-state index is 11.7. The van der Waals surface area contributed by atoms with Crippen molar-refractivity contribution in [3.63, 3.8) is 0 Å². The van der Waals surface area contributed by atoms with Crippen LogP contribution in [0.1, 0.15) is 20.3 Å². The van der Waals surface area contributed by atoms with E-state index in [1.54, 1.807) is 6.92 Å². The van der Waals surface area contributed by atoms with Gasteiger partial charge in [-0.15, -0.1) is 0 Å². The summed E-state index contributed by atoms with van der Waals surface area (Å²) in [6, 6.07) is 1.87. The predicted molar refractivity (Wildman–Crippen MR) is 79.5 cm³/mol. The van der Waals surface area contributed by atoms with E-state index in [0.29, 0.717) is 6.54 Å². The Morgan fingerprint density at radius 1 is 1.40 bits per heavy atom. The number of rotatable bonds is 6. The quantitative estimate of drug-likeness (QED) is 0.622. The molecular weight excluding hydrogens is 305 g/mol. The summed E-state index contributed by atoms with van der Waals surface area (Å²) in [5, 5.41) is 16.7. The van der Waals surface area contributed by atoms with Crippen LogP contribution in [-0.4, -0.2) is 23.4 Å². The van der Waals surface area contributed by atoms with Crippen molar-refractivity contribution in [2.75, 3.05) is 11.9 Å². The minimum atomic E-state index is -0.627. The maximum Gasteiger partial charge on any atom is 0.293 e. The Labute approximate surface area is 126 Å². The molecule has 2 N–H and O–H groups in total. The van der Waals surface area contributed by atoms with Crippen molar-refractivity contribution < 1.29 is 9.72 Å². The molecule has 0 bridgehead atoms. The van der Waals surface area contributed by atoms with Gasteiger partial charge in [0.1, 0.15) is 11.7 Å². The van der Waals surface area contributed by atoms with E-state index in [2.05, 4.69) is 10.6 Å².